The van der Waals surface area contributed by atoms with E-state index < -0.39 is 0 Å². The van der Waals surface area contributed by atoms with Crippen LogP contribution in [0.2, 0.25) is 0 Å². The lowest BCUT2D eigenvalue weighted by Gasteiger charge is -2.21. The van der Waals surface area contributed by atoms with Crippen LogP contribution in [0.3, 0.4) is 0 Å². The number of hydrogen-bond donors (Lipinski definition) is 0. The molecule has 1 unspecified atom stereocenters. The van der Waals surface area contributed by atoms with Crippen molar-refractivity contribution in [2.75, 3.05) is 21.2 Å². The molecule has 0 aliphatic rings. The van der Waals surface area contributed by atoms with Crippen molar-refractivity contribution < 1.29 is 4.74 Å². The second kappa shape index (κ2) is 5.71. The number of imidazole rings is 1. The molecule has 2 aromatic rings. The number of alkyl halides is 1. The first kappa shape index (κ1) is 14.0. The normalized spacial score (nSPS) is 13.2. The topological polar surface area (TPSA) is 56.1 Å². The minimum atomic E-state index is 0.333. The van der Waals surface area contributed by atoms with Gasteiger partial charge < -0.3 is 14.2 Å². The number of hydrogen-bond acceptors (Lipinski definition) is 5. The van der Waals surface area contributed by atoms with Gasteiger partial charge in [-0.2, -0.15) is 4.98 Å². The Morgan fingerprint density at radius 3 is 2.74 bits per heavy atom. The average molecular weight is 284 g/mol. The molecule has 19 heavy (non-hydrogen) atoms. The van der Waals surface area contributed by atoms with Gasteiger partial charge in [0.25, 0.3) is 0 Å². The largest absolute Gasteiger partial charge is 0.479 e. The summed E-state index contributed by atoms with van der Waals surface area (Å²) < 4.78 is 7.24. The Hall–Kier alpha value is -1.40. The Labute approximate surface area is 117 Å². The van der Waals surface area contributed by atoms with Gasteiger partial charge in [-0.25, -0.2) is 9.97 Å². The van der Waals surface area contributed by atoms with E-state index in [4.69, 9.17) is 16.3 Å². The van der Waals surface area contributed by atoms with E-state index in [9.17, 15) is 0 Å². The third-order valence-corrected chi connectivity index (χ3v) is 3.46. The summed E-state index contributed by atoms with van der Waals surface area (Å²) >= 11 is 5.98. The summed E-state index contributed by atoms with van der Waals surface area (Å²) in [7, 11) is 5.66. The molecule has 0 spiro atoms. The van der Waals surface area contributed by atoms with E-state index in [2.05, 4.69) is 26.8 Å². The summed E-state index contributed by atoms with van der Waals surface area (Å²) in [5, 5.41) is 0. The summed E-state index contributed by atoms with van der Waals surface area (Å²) in [6.45, 7) is 2.91. The zero-order chi connectivity index (χ0) is 14.0. The van der Waals surface area contributed by atoms with Crippen molar-refractivity contribution in [3.63, 3.8) is 0 Å². The summed E-state index contributed by atoms with van der Waals surface area (Å²) in [5.41, 5.74) is 1.42. The third-order valence-electron chi connectivity index (χ3n) is 3.22. The van der Waals surface area contributed by atoms with Crippen molar-refractivity contribution in [1.29, 1.82) is 0 Å². The molecule has 0 aliphatic heterocycles. The van der Waals surface area contributed by atoms with E-state index in [-0.39, 0.29) is 0 Å². The van der Waals surface area contributed by atoms with Gasteiger partial charge in [0, 0.05) is 12.6 Å². The number of likely N-dealkylation sites (N-methyl/N-ethyl adjacent to an activating group) is 1. The van der Waals surface area contributed by atoms with Gasteiger partial charge in [0.1, 0.15) is 12.2 Å². The molecule has 6 nitrogen and oxygen atoms in total. The van der Waals surface area contributed by atoms with E-state index in [1.54, 1.807) is 7.11 Å². The van der Waals surface area contributed by atoms with E-state index in [1.165, 1.54) is 6.33 Å². The van der Waals surface area contributed by atoms with Crippen molar-refractivity contribution in [3.8, 4) is 5.88 Å². The molecule has 0 aliphatic carbocycles. The molecule has 0 bridgehead atoms. The fourth-order valence-electron chi connectivity index (χ4n) is 1.83. The smallest absolute Gasteiger partial charge is 0.245 e. The first-order valence-electron chi connectivity index (χ1n) is 6.05. The number of ether oxygens (including phenoxy) is 1. The Balaban J connectivity index is 2.52. The van der Waals surface area contributed by atoms with Crippen LogP contribution < -0.4 is 4.74 Å². The molecule has 0 saturated carbocycles. The van der Waals surface area contributed by atoms with Gasteiger partial charge >= 0.3 is 0 Å². The molecular weight excluding hydrogens is 266 g/mol. The van der Waals surface area contributed by atoms with Gasteiger partial charge in [-0.15, -0.1) is 11.6 Å². The maximum Gasteiger partial charge on any atom is 0.245 e. The second-order valence-electron chi connectivity index (χ2n) is 4.64. The first-order chi connectivity index (χ1) is 9.08. The predicted molar refractivity (Wildman–Crippen MR) is 74.6 cm³/mol. The van der Waals surface area contributed by atoms with Crippen LogP contribution in [0, 0.1) is 0 Å². The number of methoxy groups -OCH3 is 1. The quantitative estimate of drug-likeness (QED) is 0.779. The van der Waals surface area contributed by atoms with Crippen LogP contribution >= 0.6 is 11.6 Å². The highest BCUT2D eigenvalue weighted by Gasteiger charge is 2.17. The monoisotopic (exact) mass is 283 g/mol. The van der Waals surface area contributed by atoms with Crippen LogP contribution in [-0.2, 0) is 12.4 Å². The average Bonchev–Trinajstić information content (AvgIpc) is 2.76. The molecule has 2 heterocycles. The molecule has 0 fully saturated rings. The SMILES string of the molecule is COc1ncnc2c1nc(CCl)n2CC(C)N(C)C. The van der Waals surface area contributed by atoms with Gasteiger partial charge in [0.2, 0.25) is 5.88 Å². The fraction of sp³-hybridized carbons (Fsp3) is 0.583. The zero-order valence-electron chi connectivity index (χ0n) is 11.6. The number of fused-ring (bicyclic) bond motifs is 1. The molecule has 2 rings (SSSR count). The molecule has 0 saturated heterocycles. The molecule has 0 radical (unpaired) electrons. The van der Waals surface area contributed by atoms with Crippen molar-refractivity contribution in [1.82, 2.24) is 24.4 Å². The highest BCUT2D eigenvalue weighted by Crippen LogP contribution is 2.23. The summed E-state index contributed by atoms with van der Waals surface area (Å²) in [6.07, 6.45) is 1.48. The molecular formula is C12H18ClN5O. The number of halogens is 1. The van der Waals surface area contributed by atoms with Crippen LogP contribution in [-0.4, -0.2) is 51.7 Å². The minimum Gasteiger partial charge on any atom is -0.479 e. The summed E-state index contributed by atoms with van der Waals surface area (Å²) in [5.74, 6) is 1.59. The van der Waals surface area contributed by atoms with E-state index in [0.29, 0.717) is 23.3 Å². The van der Waals surface area contributed by atoms with Gasteiger partial charge in [0.05, 0.1) is 13.0 Å². The highest BCUT2D eigenvalue weighted by molar-refractivity contribution is 6.16. The fourth-order valence-corrected chi connectivity index (χ4v) is 2.04. The van der Waals surface area contributed by atoms with Crippen LogP contribution in [0.5, 0.6) is 5.88 Å². The molecule has 1 atom stereocenters. The lowest BCUT2D eigenvalue weighted by Crippen LogP contribution is -2.29. The molecule has 2 aromatic heterocycles. The predicted octanol–water partition coefficient (Wildman–Crippen LogP) is 1.52. The van der Waals surface area contributed by atoms with Crippen LogP contribution in [0.4, 0.5) is 0 Å². The van der Waals surface area contributed by atoms with E-state index in [0.717, 1.165) is 18.0 Å². The number of rotatable bonds is 5. The zero-order valence-corrected chi connectivity index (χ0v) is 12.3. The van der Waals surface area contributed by atoms with Crippen molar-refractivity contribution in [2.24, 2.45) is 0 Å². The molecule has 104 valence electrons. The number of aromatic nitrogens is 4. The number of nitrogens with zero attached hydrogens (tertiary/aromatic N) is 5. The molecule has 0 amide bonds. The van der Waals surface area contributed by atoms with Crippen molar-refractivity contribution in [3.05, 3.63) is 12.2 Å². The Kier molecular flexibility index (Phi) is 4.21. The highest BCUT2D eigenvalue weighted by atomic mass is 35.5. The molecule has 0 N–H and O–H groups in total. The Bertz CT molecular complexity index is 568. The Morgan fingerprint density at radius 1 is 1.42 bits per heavy atom. The minimum absolute atomic E-state index is 0.333. The maximum atomic E-state index is 5.98. The van der Waals surface area contributed by atoms with Gasteiger partial charge in [-0.1, -0.05) is 0 Å². The van der Waals surface area contributed by atoms with Crippen LogP contribution in [0.15, 0.2) is 6.33 Å². The Morgan fingerprint density at radius 2 is 2.16 bits per heavy atom. The van der Waals surface area contributed by atoms with Gasteiger partial charge in [0.15, 0.2) is 11.2 Å². The van der Waals surface area contributed by atoms with Crippen molar-refractivity contribution in [2.45, 2.75) is 25.4 Å². The van der Waals surface area contributed by atoms with Crippen LogP contribution in [0.25, 0.3) is 11.2 Å². The van der Waals surface area contributed by atoms with E-state index >= 15 is 0 Å². The van der Waals surface area contributed by atoms with Crippen molar-refractivity contribution >= 4 is 22.8 Å². The summed E-state index contributed by atoms with van der Waals surface area (Å²) in [6, 6.07) is 0.348. The first-order valence-corrected chi connectivity index (χ1v) is 6.58. The lowest BCUT2D eigenvalue weighted by atomic mass is 10.3. The van der Waals surface area contributed by atoms with E-state index in [1.807, 2.05) is 18.7 Å². The van der Waals surface area contributed by atoms with Gasteiger partial charge in [-0.05, 0) is 21.0 Å². The maximum absolute atomic E-state index is 5.98. The molecule has 0 aromatic carbocycles. The van der Waals surface area contributed by atoms with Crippen LogP contribution in [0.1, 0.15) is 12.7 Å². The van der Waals surface area contributed by atoms with Gasteiger partial charge in [-0.3, -0.25) is 0 Å². The summed E-state index contributed by atoms with van der Waals surface area (Å²) in [4.78, 5) is 15.0. The second-order valence-corrected chi connectivity index (χ2v) is 4.91. The standard InChI is InChI=1S/C12H18ClN5O/c1-8(17(2)3)6-18-9(5-13)16-10-11(18)14-7-15-12(10)19-4/h7-8H,5-6H2,1-4H3. The lowest BCUT2D eigenvalue weighted by molar-refractivity contribution is 0.284. The third kappa shape index (κ3) is 2.64. The molecule has 7 heteroatoms.